The molecule has 0 spiro atoms. The van der Waals surface area contributed by atoms with Crippen molar-refractivity contribution in [1.29, 1.82) is 0 Å². The van der Waals surface area contributed by atoms with Gasteiger partial charge in [0, 0.05) is 10.9 Å². The number of methoxy groups -OCH3 is 1. The second-order valence-electron chi connectivity index (χ2n) is 4.12. The SMILES string of the molecule is COc1ccc(OC(F)F)c(NC(C)c2cccs2)c1. The maximum absolute atomic E-state index is 12.4. The van der Waals surface area contributed by atoms with Gasteiger partial charge >= 0.3 is 6.61 Å². The Labute approximate surface area is 120 Å². The van der Waals surface area contributed by atoms with Gasteiger partial charge in [-0.1, -0.05) is 6.07 Å². The van der Waals surface area contributed by atoms with Crippen molar-refractivity contribution in [2.45, 2.75) is 19.6 Å². The van der Waals surface area contributed by atoms with Crippen LogP contribution >= 0.6 is 11.3 Å². The first-order valence-corrected chi connectivity index (χ1v) is 6.91. The molecule has 1 aromatic carbocycles. The van der Waals surface area contributed by atoms with E-state index in [2.05, 4.69) is 10.1 Å². The third-order valence-corrected chi connectivity index (χ3v) is 3.80. The highest BCUT2D eigenvalue weighted by atomic mass is 32.1. The van der Waals surface area contributed by atoms with Crippen LogP contribution < -0.4 is 14.8 Å². The molecule has 2 rings (SSSR count). The fourth-order valence-electron chi connectivity index (χ4n) is 1.79. The molecule has 0 aliphatic heterocycles. The lowest BCUT2D eigenvalue weighted by Gasteiger charge is -2.18. The van der Waals surface area contributed by atoms with Gasteiger partial charge in [0.1, 0.15) is 11.5 Å². The average molecular weight is 299 g/mol. The third kappa shape index (κ3) is 3.60. The number of anilines is 1. The Kier molecular flexibility index (Phi) is 4.79. The van der Waals surface area contributed by atoms with Crippen molar-refractivity contribution in [3.05, 3.63) is 40.6 Å². The van der Waals surface area contributed by atoms with Crippen molar-refractivity contribution in [2.24, 2.45) is 0 Å². The number of rotatable bonds is 6. The molecule has 1 heterocycles. The first kappa shape index (κ1) is 14.6. The van der Waals surface area contributed by atoms with E-state index in [0.717, 1.165) is 4.88 Å². The molecule has 0 fully saturated rings. The highest BCUT2D eigenvalue weighted by Crippen LogP contribution is 2.33. The second kappa shape index (κ2) is 6.56. The molecule has 0 aliphatic carbocycles. The lowest BCUT2D eigenvalue weighted by Crippen LogP contribution is -2.09. The molecule has 108 valence electrons. The zero-order valence-electron chi connectivity index (χ0n) is 11.1. The minimum atomic E-state index is -2.86. The van der Waals surface area contributed by atoms with Crippen LogP contribution in [-0.2, 0) is 0 Å². The summed E-state index contributed by atoms with van der Waals surface area (Å²) in [5.74, 6) is 0.678. The molecule has 0 amide bonds. The summed E-state index contributed by atoms with van der Waals surface area (Å²) in [6.45, 7) is -0.904. The molecular weight excluding hydrogens is 284 g/mol. The van der Waals surface area contributed by atoms with Crippen LogP contribution in [0.3, 0.4) is 0 Å². The number of ether oxygens (including phenoxy) is 2. The predicted octanol–water partition coefficient (Wildman–Crippen LogP) is 4.53. The Morgan fingerprint density at radius 2 is 2.05 bits per heavy atom. The molecule has 0 radical (unpaired) electrons. The van der Waals surface area contributed by atoms with Gasteiger partial charge in [-0.3, -0.25) is 0 Å². The lowest BCUT2D eigenvalue weighted by atomic mass is 10.2. The predicted molar refractivity (Wildman–Crippen MR) is 76.0 cm³/mol. The topological polar surface area (TPSA) is 30.5 Å². The number of benzene rings is 1. The summed E-state index contributed by atoms with van der Waals surface area (Å²) in [4.78, 5) is 1.11. The van der Waals surface area contributed by atoms with Crippen LogP contribution in [0.15, 0.2) is 35.7 Å². The summed E-state index contributed by atoms with van der Waals surface area (Å²) < 4.78 is 34.5. The molecule has 0 saturated heterocycles. The van der Waals surface area contributed by atoms with E-state index < -0.39 is 6.61 Å². The summed E-state index contributed by atoms with van der Waals surface area (Å²) in [6.07, 6.45) is 0. The smallest absolute Gasteiger partial charge is 0.387 e. The van der Waals surface area contributed by atoms with E-state index in [1.807, 2.05) is 24.4 Å². The average Bonchev–Trinajstić information content (AvgIpc) is 2.94. The molecule has 1 aromatic heterocycles. The molecular formula is C14H15F2NO2S. The molecule has 6 heteroatoms. The Balaban J connectivity index is 2.23. The van der Waals surface area contributed by atoms with Gasteiger partial charge in [-0.15, -0.1) is 11.3 Å². The summed E-state index contributed by atoms with van der Waals surface area (Å²) in [5, 5.41) is 5.13. The molecule has 0 bridgehead atoms. The highest BCUT2D eigenvalue weighted by molar-refractivity contribution is 7.10. The van der Waals surface area contributed by atoms with Gasteiger partial charge < -0.3 is 14.8 Å². The van der Waals surface area contributed by atoms with Gasteiger partial charge in [0.2, 0.25) is 0 Å². The van der Waals surface area contributed by atoms with Crippen LogP contribution in [0.2, 0.25) is 0 Å². The lowest BCUT2D eigenvalue weighted by molar-refractivity contribution is -0.0494. The third-order valence-electron chi connectivity index (χ3n) is 2.74. The van der Waals surface area contributed by atoms with Crippen molar-refractivity contribution in [1.82, 2.24) is 0 Å². The molecule has 1 atom stereocenters. The van der Waals surface area contributed by atoms with Gasteiger partial charge in [0.25, 0.3) is 0 Å². The van der Waals surface area contributed by atoms with Crippen LogP contribution in [0.25, 0.3) is 0 Å². The van der Waals surface area contributed by atoms with Gasteiger partial charge in [-0.05, 0) is 30.5 Å². The van der Waals surface area contributed by atoms with Crippen LogP contribution in [0, 0.1) is 0 Å². The van der Waals surface area contributed by atoms with E-state index in [1.54, 1.807) is 23.5 Å². The van der Waals surface area contributed by atoms with Crippen molar-refractivity contribution >= 4 is 17.0 Å². The van der Waals surface area contributed by atoms with Crippen molar-refractivity contribution in [2.75, 3.05) is 12.4 Å². The van der Waals surface area contributed by atoms with Gasteiger partial charge in [-0.25, -0.2) is 0 Å². The Bertz CT molecular complexity index is 546. The van der Waals surface area contributed by atoms with E-state index in [9.17, 15) is 8.78 Å². The quantitative estimate of drug-likeness (QED) is 0.850. The van der Waals surface area contributed by atoms with E-state index in [1.165, 1.54) is 13.2 Å². The van der Waals surface area contributed by atoms with Crippen LogP contribution in [-0.4, -0.2) is 13.7 Å². The number of alkyl halides is 2. The first-order chi connectivity index (χ1) is 9.60. The number of nitrogens with one attached hydrogen (secondary N) is 1. The zero-order chi connectivity index (χ0) is 14.5. The van der Waals surface area contributed by atoms with E-state index in [-0.39, 0.29) is 11.8 Å². The molecule has 0 saturated carbocycles. The van der Waals surface area contributed by atoms with Crippen LogP contribution in [0.4, 0.5) is 14.5 Å². The molecule has 3 nitrogen and oxygen atoms in total. The van der Waals surface area contributed by atoms with Gasteiger partial charge in [-0.2, -0.15) is 8.78 Å². The fraction of sp³-hybridized carbons (Fsp3) is 0.286. The van der Waals surface area contributed by atoms with E-state index in [0.29, 0.717) is 11.4 Å². The number of halogens is 2. The van der Waals surface area contributed by atoms with Crippen LogP contribution in [0.5, 0.6) is 11.5 Å². The summed E-state index contributed by atoms with van der Waals surface area (Å²) in [6, 6.07) is 8.60. The van der Waals surface area contributed by atoms with Crippen molar-refractivity contribution < 1.29 is 18.3 Å². The Morgan fingerprint density at radius 3 is 2.65 bits per heavy atom. The van der Waals surface area contributed by atoms with E-state index in [4.69, 9.17) is 4.74 Å². The number of hydrogen-bond donors (Lipinski definition) is 1. The Hall–Kier alpha value is -1.82. The second-order valence-corrected chi connectivity index (χ2v) is 5.10. The fourth-order valence-corrected chi connectivity index (χ4v) is 2.52. The molecule has 1 unspecified atom stereocenters. The standard InChI is InChI=1S/C14H15F2NO2S/c1-9(13-4-3-7-20-13)17-11-8-10(18-2)5-6-12(11)19-14(15)16/h3-9,14,17H,1-2H3. The van der Waals surface area contributed by atoms with Crippen LogP contribution in [0.1, 0.15) is 17.8 Å². The summed E-state index contributed by atoms with van der Waals surface area (Å²) >= 11 is 1.60. The maximum atomic E-state index is 12.4. The molecule has 2 aromatic rings. The Morgan fingerprint density at radius 1 is 1.25 bits per heavy atom. The van der Waals surface area contributed by atoms with Gasteiger partial charge in [0.15, 0.2) is 0 Å². The maximum Gasteiger partial charge on any atom is 0.387 e. The molecule has 20 heavy (non-hydrogen) atoms. The number of hydrogen-bond acceptors (Lipinski definition) is 4. The minimum Gasteiger partial charge on any atom is -0.497 e. The zero-order valence-corrected chi connectivity index (χ0v) is 11.9. The minimum absolute atomic E-state index is 0.0119. The largest absolute Gasteiger partial charge is 0.497 e. The van der Waals surface area contributed by atoms with E-state index >= 15 is 0 Å². The summed E-state index contributed by atoms with van der Waals surface area (Å²) in [7, 11) is 1.52. The first-order valence-electron chi connectivity index (χ1n) is 6.03. The van der Waals surface area contributed by atoms with Crippen molar-refractivity contribution in [3.63, 3.8) is 0 Å². The highest BCUT2D eigenvalue weighted by Gasteiger charge is 2.14. The van der Waals surface area contributed by atoms with Crippen molar-refractivity contribution in [3.8, 4) is 11.5 Å². The summed E-state index contributed by atoms with van der Waals surface area (Å²) in [5.41, 5.74) is 0.477. The normalized spacial score (nSPS) is 12.2. The molecule has 0 aliphatic rings. The van der Waals surface area contributed by atoms with Gasteiger partial charge in [0.05, 0.1) is 18.8 Å². The monoisotopic (exact) mass is 299 g/mol. The number of thiophene rings is 1. The molecule has 1 N–H and O–H groups in total.